The first-order valence-electron chi connectivity index (χ1n) is 9.26. The lowest BCUT2D eigenvalue weighted by atomic mass is 10.1. The summed E-state index contributed by atoms with van der Waals surface area (Å²) in [6.45, 7) is 4.12. The minimum absolute atomic E-state index is 0.136. The fourth-order valence-electron chi connectivity index (χ4n) is 2.69. The molecule has 1 heterocycles. The van der Waals surface area contributed by atoms with Crippen LogP contribution in [0, 0.1) is 19.7 Å². The number of nitrogens with one attached hydrogen (secondary N) is 2. The Morgan fingerprint density at radius 2 is 1.83 bits per heavy atom. The van der Waals surface area contributed by atoms with E-state index in [-0.39, 0.29) is 24.1 Å². The van der Waals surface area contributed by atoms with Crippen LogP contribution in [-0.4, -0.2) is 32.3 Å². The molecule has 0 bridgehead atoms. The molecule has 2 aromatic carbocycles. The Morgan fingerprint density at radius 3 is 2.57 bits per heavy atom. The number of rotatable bonds is 7. The standard InChI is InChI=1S/C21H22FN5O2S/c1-13-5-4-6-17(14(13)2)24-19(28)12-30-21-26-25-18(27(21)3)11-23-20(29)15-7-9-16(22)10-8-15/h4-10H,11-12H2,1-3H3,(H,23,29)(H,24,28). The molecule has 0 saturated carbocycles. The number of benzene rings is 2. The molecule has 9 heteroatoms. The first-order chi connectivity index (χ1) is 14.3. The first kappa shape index (κ1) is 21.5. The Bertz CT molecular complexity index is 1070. The highest BCUT2D eigenvalue weighted by molar-refractivity contribution is 7.99. The summed E-state index contributed by atoms with van der Waals surface area (Å²) in [7, 11) is 1.77. The molecular formula is C21H22FN5O2S. The van der Waals surface area contributed by atoms with Crippen LogP contribution in [0.2, 0.25) is 0 Å². The summed E-state index contributed by atoms with van der Waals surface area (Å²) in [5.74, 6) is -0.143. The Morgan fingerprint density at radius 1 is 1.10 bits per heavy atom. The van der Waals surface area contributed by atoms with Gasteiger partial charge in [0.05, 0.1) is 12.3 Å². The average molecular weight is 428 g/mol. The molecule has 2 amide bonds. The van der Waals surface area contributed by atoms with Crippen molar-refractivity contribution in [2.75, 3.05) is 11.1 Å². The van der Waals surface area contributed by atoms with Crippen molar-refractivity contribution in [2.24, 2.45) is 7.05 Å². The predicted octanol–water partition coefficient (Wildman–Crippen LogP) is 3.23. The van der Waals surface area contributed by atoms with Gasteiger partial charge in [0.1, 0.15) is 5.82 Å². The molecule has 0 radical (unpaired) electrons. The lowest BCUT2D eigenvalue weighted by molar-refractivity contribution is -0.113. The molecule has 0 saturated heterocycles. The maximum absolute atomic E-state index is 13.0. The first-order valence-corrected chi connectivity index (χ1v) is 10.2. The molecule has 0 atom stereocenters. The molecule has 156 valence electrons. The minimum Gasteiger partial charge on any atom is -0.345 e. The fraction of sp³-hybridized carbons (Fsp3) is 0.238. The molecule has 30 heavy (non-hydrogen) atoms. The summed E-state index contributed by atoms with van der Waals surface area (Å²) in [4.78, 5) is 24.4. The van der Waals surface area contributed by atoms with Gasteiger partial charge in [-0.15, -0.1) is 10.2 Å². The number of amides is 2. The van der Waals surface area contributed by atoms with Gasteiger partial charge in [0.15, 0.2) is 11.0 Å². The van der Waals surface area contributed by atoms with E-state index >= 15 is 0 Å². The van der Waals surface area contributed by atoms with E-state index in [0.29, 0.717) is 16.5 Å². The molecule has 7 nitrogen and oxygen atoms in total. The average Bonchev–Trinajstić information content (AvgIpc) is 3.08. The summed E-state index contributed by atoms with van der Waals surface area (Å²) in [6.07, 6.45) is 0. The zero-order valence-electron chi connectivity index (χ0n) is 16.9. The third-order valence-corrected chi connectivity index (χ3v) is 5.67. The maximum Gasteiger partial charge on any atom is 0.251 e. The van der Waals surface area contributed by atoms with E-state index in [0.717, 1.165) is 16.8 Å². The van der Waals surface area contributed by atoms with Gasteiger partial charge in [-0.05, 0) is 55.3 Å². The van der Waals surface area contributed by atoms with Crippen LogP contribution < -0.4 is 10.6 Å². The highest BCUT2D eigenvalue weighted by atomic mass is 32.2. The van der Waals surface area contributed by atoms with Crippen LogP contribution in [0.4, 0.5) is 10.1 Å². The van der Waals surface area contributed by atoms with Crippen molar-refractivity contribution in [3.05, 3.63) is 70.8 Å². The van der Waals surface area contributed by atoms with Crippen LogP contribution in [0.25, 0.3) is 0 Å². The second kappa shape index (κ2) is 9.53. The molecule has 0 spiro atoms. The lowest BCUT2D eigenvalue weighted by Gasteiger charge is -2.10. The monoisotopic (exact) mass is 427 g/mol. The van der Waals surface area contributed by atoms with Gasteiger partial charge in [0.25, 0.3) is 5.91 Å². The number of hydrogen-bond donors (Lipinski definition) is 2. The second-order valence-corrected chi connectivity index (χ2v) is 7.67. The Balaban J connectivity index is 1.53. The molecule has 3 rings (SSSR count). The van der Waals surface area contributed by atoms with Crippen LogP contribution in [0.1, 0.15) is 27.3 Å². The van der Waals surface area contributed by atoms with Crippen molar-refractivity contribution in [2.45, 2.75) is 25.5 Å². The van der Waals surface area contributed by atoms with Gasteiger partial charge >= 0.3 is 0 Å². The molecule has 0 fully saturated rings. The number of thioether (sulfide) groups is 1. The number of aryl methyl sites for hydroxylation is 1. The van der Waals surface area contributed by atoms with Crippen molar-refractivity contribution >= 4 is 29.3 Å². The van der Waals surface area contributed by atoms with Crippen LogP contribution >= 0.6 is 11.8 Å². The largest absolute Gasteiger partial charge is 0.345 e. The Hall–Kier alpha value is -3.20. The van der Waals surface area contributed by atoms with Gasteiger partial charge in [-0.1, -0.05) is 23.9 Å². The molecule has 0 aliphatic heterocycles. The fourth-order valence-corrected chi connectivity index (χ4v) is 3.42. The van der Waals surface area contributed by atoms with E-state index in [4.69, 9.17) is 0 Å². The minimum atomic E-state index is -0.400. The molecule has 1 aromatic heterocycles. The smallest absolute Gasteiger partial charge is 0.251 e. The van der Waals surface area contributed by atoms with E-state index in [1.165, 1.54) is 36.0 Å². The van der Waals surface area contributed by atoms with Crippen molar-refractivity contribution in [3.63, 3.8) is 0 Å². The normalized spacial score (nSPS) is 10.7. The van der Waals surface area contributed by atoms with Crippen molar-refractivity contribution < 1.29 is 14.0 Å². The SMILES string of the molecule is Cc1cccc(NC(=O)CSc2nnc(CNC(=O)c3ccc(F)cc3)n2C)c1C. The van der Waals surface area contributed by atoms with Gasteiger partial charge in [-0.25, -0.2) is 4.39 Å². The van der Waals surface area contributed by atoms with Gasteiger partial charge in [-0.2, -0.15) is 0 Å². The summed E-state index contributed by atoms with van der Waals surface area (Å²) < 4.78 is 14.7. The van der Waals surface area contributed by atoms with E-state index in [2.05, 4.69) is 20.8 Å². The van der Waals surface area contributed by atoms with E-state index in [1.807, 2.05) is 32.0 Å². The van der Waals surface area contributed by atoms with Crippen molar-refractivity contribution in [1.82, 2.24) is 20.1 Å². The quantitative estimate of drug-likeness (QED) is 0.565. The number of hydrogen-bond acceptors (Lipinski definition) is 5. The third-order valence-electron chi connectivity index (χ3n) is 4.65. The van der Waals surface area contributed by atoms with Gasteiger partial charge in [-0.3, -0.25) is 9.59 Å². The summed E-state index contributed by atoms with van der Waals surface area (Å²) in [5.41, 5.74) is 3.30. The van der Waals surface area contributed by atoms with E-state index in [9.17, 15) is 14.0 Å². The molecule has 0 aliphatic carbocycles. The van der Waals surface area contributed by atoms with Crippen LogP contribution in [0.3, 0.4) is 0 Å². The lowest BCUT2D eigenvalue weighted by Crippen LogP contribution is -2.24. The molecule has 0 aliphatic rings. The highest BCUT2D eigenvalue weighted by Gasteiger charge is 2.14. The molecule has 2 N–H and O–H groups in total. The summed E-state index contributed by atoms with van der Waals surface area (Å²) in [5, 5.41) is 14.4. The maximum atomic E-state index is 13.0. The Kier molecular flexibility index (Phi) is 6.83. The number of halogens is 1. The summed E-state index contributed by atoms with van der Waals surface area (Å²) >= 11 is 1.26. The zero-order chi connectivity index (χ0) is 21.7. The predicted molar refractivity (Wildman–Crippen MR) is 114 cm³/mol. The van der Waals surface area contributed by atoms with E-state index in [1.54, 1.807) is 11.6 Å². The third kappa shape index (κ3) is 5.24. The second-order valence-electron chi connectivity index (χ2n) is 6.73. The Labute approximate surface area is 178 Å². The number of carbonyl (C=O) groups excluding carboxylic acids is 2. The van der Waals surface area contributed by atoms with Gasteiger partial charge in [0.2, 0.25) is 5.91 Å². The molecule has 0 unspecified atom stereocenters. The summed E-state index contributed by atoms with van der Waals surface area (Å²) in [6, 6.07) is 11.1. The molecular weight excluding hydrogens is 405 g/mol. The molecule has 3 aromatic rings. The van der Waals surface area contributed by atoms with Crippen molar-refractivity contribution in [1.29, 1.82) is 0 Å². The van der Waals surface area contributed by atoms with E-state index < -0.39 is 5.82 Å². The van der Waals surface area contributed by atoms with Crippen LogP contribution in [0.15, 0.2) is 47.6 Å². The van der Waals surface area contributed by atoms with Crippen LogP contribution in [0.5, 0.6) is 0 Å². The highest BCUT2D eigenvalue weighted by Crippen LogP contribution is 2.20. The van der Waals surface area contributed by atoms with Gasteiger partial charge < -0.3 is 15.2 Å². The zero-order valence-corrected chi connectivity index (χ0v) is 17.7. The number of anilines is 1. The number of nitrogens with zero attached hydrogens (tertiary/aromatic N) is 3. The van der Waals surface area contributed by atoms with Gasteiger partial charge in [0, 0.05) is 18.3 Å². The number of aromatic nitrogens is 3. The van der Waals surface area contributed by atoms with Crippen LogP contribution in [-0.2, 0) is 18.4 Å². The van der Waals surface area contributed by atoms with Crippen molar-refractivity contribution in [3.8, 4) is 0 Å². The number of carbonyl (C=O) groups is 2. The topological polar surface area (TPSA) is 88.9 Å².